The second kappa shape index (κ2) is 4.60. The van der Waals surface area contributed by atoms with Gasteiger partial charge < -0.3 is 10.5 Å². The Morgan fingerprint density at radius 1 is 0.944 bits per heavy atom. The molecule has 0 aromatic heterocycles. The summed E-state index contributed by atoms with van der Waals surface area (Å²) in [6.45, 7) is 1.36. The van der Waals surface area contributed by atoms with E-state index in [4.69, 9.17) is 10.5 Å². The highest BCUT2D eigenvalue weighted by molar-refractivity contribution is 5.56. The summed E-state index contributed by atoms with van der Waals surface area (Å²) in [5, 5.41) is 0. The molecule has 94 valence electrons. The van der Waals surface area contributed by atoms with Crippen LogP contribution in [0.4, 0.5) is 18.9 Å². The molecule has 0 radical (unpaired) electrons. The third-order valence-corrected chi connectivity index (χ3v) is 2.53. The van der Waals surface area contributed by atoms with Crippen molar-refractivity contribution in [2.24, 2.45) is 0 Å². The Morgan fingerprint density at radius 3 is 2.17 bits per heavy atom. The van der Waals surface area contributed by atoms with Crippen molar-refractivity contribution in [1.82, 2.24) is 0 Å². The second-order valence-corrected chi connectivity index (χ2v) is 3.72. The summed E-state index contributed by atoms with van der Waals surface area (Å²) in [4.78, 5) is 0. The number of hydrogen-bond donors (Lipinski definition) is 1. The molecule has 0 aliphatic heterocycles. The number of anilines is 1. The second-order valence-electron chi connectivity index (χ2n) is 3.72. The number of nitrogens with two attached hydrogens (primary N) is 1. The van der Waals surface area contributed by atoms with Crippen LogP contribution < -0.4 is 10.5 Å². The molecule has 2 N–H and O–H groups in total. The third-order valence-electron chi connectivity index (χ3n) is 2.53. The molecule has 0 atom stereocenters. The van der Waals surface area contributed by atoms with Gasteiger partial charge in [0.25, 0.3) is 0 Å². The van der Waals surface area contributed by atoms with E-state index in [2.05, 4.69) is 0 Å². The first-order valence-electron chi connectivity index (χ1n) is 5.17. The van der Waals surface area contributed by atoms with Crippen LogP contribution in [-0.2, 0) is 0 Å². The summed E-state index contributed by atoms with van der Waals surface area (Å²) in [5.74, 6) is -4.51. The van der Waals surface area contributed by atoms with Gasteiger partial charge in [-0.3, -0.25) is 0 Å². The van der Waals surface area contributed by atoms with Gasteiger partial charge >= 0.3 is 0 Å². The van der Waals surface area contributed by atoms with Gasteiger partial charge in [0.2, 0.25) is 5.82 Å². The van der Waals surface area contributed by atoms with E-state index in [1.165, 1.54) is 6.92 Å². The average Bonchev–Trinajstić information content (AvgIpc) is 2.40. The fraction of sp³-hybridized carbons (Fsp3) is 0.0769. The summed E-state index contributed by atoms with van der Waals surface area (Å²) >= 11 is 0. The van der Waals surface area contributed by atoms with Crippen LogP contribution in [0.3, 0.4) is 0 Å². The zero-order chi connectivity index (χ0) is 13.3. The average molecular weight is 253 g/mol. The molecular formula is C13H10F3NO. The molecule has 0 spiro atoms. The molecule has 2 aromatic rings. The molecule has 0 bridgehead atoms. The molecule has 0 heterocycles. The van der Waals surface area contributed by atoms with Crippen molar-refractivity contribution in [2.75, 3.05) is 5.73 Å². The monoisotopic (exact) mass is 253 g/mol. The smallest absolute Gasteiger partial charge is 0.204 e. The van der Waals surface area contributed by atoms with Crippen molar-refractivity contribution < 1.29 is 17.9 Å². The van der Waals surface area contributed by atoms with Gasteiger partial charge in [-0.15, -0.1) is 0 Å². The van der Waals surface area contributed by atoms with E-state index in [0.29, 0.717) is 5.75 Å². The summed E-state index contributed by atoms with van der Waals surface area (Å²) in [6.07, 6.45) is 0. The van der Waals surface area contributed by atoms with Gasteiger partial charge in [-0.05, 0) is 19.1 Å². The highest BCUT2D eigenvalue weighted by atomic mass is 19.2. The highest BCUT2D eigenvalue weighted by Gasteiger charge is 2.22. The molecule has 0 fully saturated rings. The van der Waals surface area contributed by atoms with Gasteiger partial charge in [-0.1, -0.05) is 18.2 Å². The van der Waals surface area contributed by atoms with Crippen LogP contribution in [0.5, 0.6) is 11.5 Å². The number of rotatable bonds is 2. The zero-order valence-electron chi connectivity index (χ0n) is 9.51. The third kappa shape index (κ3) is 1.99. The maximum atomic E-state index is 13.6. The van der Waals surface area contributed by atoms with Crippen molar-refractivity contribution in [2.45, 2.75) is 6.92 Å². The van der Waals surface area contributed by atoms with E-state index in [-0.39, 0.29) is 5.56 Å². The lowest BCUT2D eigenvalue weighted by atomic mass is 10.1. The first kappa shape index (κ1) is 12.3. The van der Waals surface area contributed by atoms with Gasteiger partial charge in [0.05, 0.1) is 5.69 Å². The van der Waals surface area contributed by atoms with Crippen LogP contribution in [-0.4, -0.2) is 0 Å². The van der Waals surface area contributed by atoms with Gasteiger partial charge in [0, 0.05) is 5.56 Å². The first-order valence-corrected chi connectivity index (χ1v) is 5.17. The van der Waals surface area contributed by atoms with E-state index in [1.54, 1.807) is 30.3 Å². The SMILES string of the molecule is Cc1c(N)c(F)c(F)c(F)c1Oc1ccccc1. The molecule has 2 rings (SSSR count). The van der Waals surface area contributed by atoms with E-state index in [1.807, 2.05) is 0 Å². The Morgan fingerprint density at radius 2 is 1.56 bits per heavy atom. The highest BCUT2D eigenvalue weighted by Crippen LogP contribution is 2.35. The van der Waals surface area contributed by atoms with Gasteiger partial charge in [0.1, 0.15) is 5.75 Å². The molecule has 0 amide bonds. The van der Waals surface area contributed by atoms with Crippen molar-refractivity contribution in [3.8, 4) is 11.5 Å². The van der Waals surface area contributed by atoms with Crippen molar-refractivity contribution in [1.29, 1.82) is 0 Å². The number of halogens is 3. The molecule has 2 nitrogen and oxygen atoms in total. The molecular weight excluding hydrogens is 243 g/mol. The number of ether oxygens (including phenoxy) is 1. The van der Waals surface area contributed by atoms with Crippen LogP contribution in [0, 0.1) is 24.4 Å². The number of benzene rings is 2. The fourth-order valence-electron chi connectivity index (χ4n) is 1.49. The molecule has 18 heavy (non-hydrogen) atoms. The maximum absolute atomic E-state index is 13.6. The maximum Gasteiger partial charge on any atom is 0.204 e. The summed E-state index contributed by atoms with van der Waals surface area (Å²) in [5.41, 5.74) is 4.91. The van der Waals surface area contributed by atoms with E-state index in [9.17, 15) is 13.2 Å². The summed E-state index contributed by atoms with van der Waals surface area (Å²) in [7, 11) is 0. The Balaban J connectivity index is 2.52. The molecule has 5 heteroatoms. The van der Waals surface area contributed by atoms with Crippen molar-refractivity contribution in [3.05, 3.63) is 53.3 Å². The predicted molar refractivity (Wildman–Crippen MR) is 62.0 cm³/mol. The number of para-hydroxylation sites is 1. The standard InChI is InChI=1S/C13H10F3NO/c1-7-12(17)10(15)9(14)11(16)13(7)18-8-5-3-2-4-6-8/h2-6H,17H2,1H3. The molecule has 0 aliphatic rings. The van der Waals surface area contributed by atoms with Crippen LogP contribution in [0.1, 0.15) is 5.56 Å². The minimum Gasteiger partial charge on any atom is -0.454 e. The van der Waals surface area contributed by atoms with Gasteiger partial charge in [-0.25, -0.2) is 8.78 Å². The minimum atomic E-state index is -1.64. The Labute approximate surface area is 102 Å². The summed E-state index contributed by atoms with van der Waals surface area (Å²) in [6, 6.07) is 8.22. The fourth-order valence-corrected chi connectivity index (χ4v) is 1.49. The van der Waals surface area contributed by atoms with Crippen LogP contribution in [0.25, 0.3) is 0 Å². The number of nitrogen functional groups attached to an aromatic ring is 1. The van der Waals surface area contributed by atoms with Crippen molar-refractivity contribution >= 4 is 5.69 Å². The quantitative estimate of drug-likeness (QED) is 0.652. The van der Waals surface area contributed by atoms with E-state index in [0.717, 1.165) is 0 Å². The molecule has 0 aliphatic carbocycles. The molecule has 0 saturated heterocycles. The Kier molecular flexibility index (Phi) is 3.14. The Hall–Kier alpha value is -2.17. The molecule has 2 aromatic carbocycles. The lowest BCUT2D eigenvalue weighted by molar-refractivity contribution is 0.393. The Bertz CT molecular complexity index is 556. The normalized spacial score (nSPS) is 10.4. The number of hydrogen-bond acceptors (Lipinski definition) is 2. The first-order chi connectivity index (χ1) is 8.52. The topological polar surface area (TPSA) is 35.2 Å². The van der Waals surface area contributed by atoms with Gasteiger partial charge in [0.15, 0.2) is 17.4 Å². The predicted octanol–water partition coefficient (Wildman–Crippen LogP) is 3.79. The van der Waals surface area contributed by atoms with Crippen molar-refractivity contribution in [3.63, 3.8) is 0 Å². The molecule has 0 saturated carbocycles. The van der Waals surface area contributed by atoms with Crippen LogP contribution >= 0.6 is 0 Å². The molecule has 0 unspecified atom stereocenters. The summed E-state index contributed by atoms with van der Waals surface area (Å²) < 4.78 is 45.2. The van der Waals surface area contributed by atoms with E-state index < -0.39 is 28.9 Å². The lowest BCUT2D eigenvalue weighted by Crippen LogP contribution is -2.04. The zero-order valence-corrected chi connectivity index (χ0v) is 9.51. The lowest BCUT2D eigenvalue weighted by Gasteiger charge is -2.13. The van der Waals surface area contributed by atoms with Crippen LogP contribution in [0.2, 0.25) is 0 Å². The van der Waals surface area contributed by atoms with E-state index >= 15 is 0 Å². The van der Waals surface area contributed by atoms with Crippen LogP contribution in [0.15, 0.2) is 30.3 Å². The van der Waals surface area contributed by atoms with Gasteiger partial charge in [-0.2, -0.15) is 4.39 Å². The largest absolute Gasteiger partial charge is 0.454 e. The minimum absolute atomic E-state index is 0.0234.